The summed E-state index contributed by atoms with van der Waals surface area (Å²) in [5.74, 6) is -0.0910. The lowest BCUT2D eigenvalue weighted by molar-refractivity contribution is -0.275. The Hall–Kier alpha value is -6.66. The molecule has 1 aliphatic rings. The second kappa shape index (κ2) is 17.6. The van der Waals surface area contributed by atoms with Gasteiger partial charge in [-0.3, -0.25) is 28.1 Å². The maximum atomic E-state index is 12.8. The molecule has 346 valence electrons. The van der Waals surface area contributed by atoms with Crippen LogP contribution < -0.4 is 26.1 Å². The molecule has 1 saturated heterocycles. The molecular weight excluding hydrogens is 949 g/mol. The van der Waals surface area contributed by atoms with Gasteiger partial charge in [0.15, 0.2) is 11.8 Å². The van der Waals surface area contributed by atoms with Gasteiger partial charge in [0.25, 0.3) is 11.1 Å². The fraction of sp³-hybridized carbons (Fsp3) is 0.286. The summed E-state index contributed by atoms with van der Waals surface area (Å²) >= 11 is 3.29. The lowest BCUT2D eigenvalue weighted by Gasteiger charge is -2.32. The summed E-state index contributed by atoms with van der Waals surface area (Å²) in [6.07, 6.45) is 0.557. The molecule has 0 atom stereocenters. The first-order valence-electron chi connectivity index (χ1n) is 19.5. The van der Waals surface area contributed by atoms with E-state index in [0.717, 1.165) is 29.7 Å². The van der Waals surface area contributed by atoms with Crippen LogP contribution in [0.3, 0.4) is 0 Å². The zero-order valence-electron chi connectivity index (χ0n) is 36.1. The number of oxazole rings is 2. The number of alkyl halides is 6. The van der Waals surface area contributed by atoms with Crippen LogP contribution in [0.15, 0.2) is 109 Å². The zero-order chi connectivity index (χ0) is 48.1. The average Bonchev–Trinajstić information content (AvgIpc) is 4.05. The smallest absolute Gasteiger partial charge is 0.435 e. The highest BCUT2D eigenvalue weighted by Crippen LogP contribution is 2.36. The van der Waals surface area contributed by atoms with E-state index >= 15 is 0 Å². The van der Waals surface area contributed by atoms with Gasteiger partial charge < -0.3 is 27.6 Å². The van der Waals surface area contributed by atoms with Crippen LogP contribution in [-0.2, 0) is 23.4 Å². The highest BCUT2D eigenvalue weighted by molar-refractivity contribution is 9.10. The highest BCUT2D eigenvalue weighted by Gasteiger charge is 2.52. The lowest BCUT2D eigenvalue weighted by atomic mass is 9.82. The number of pyridine rings is 2. The van der Waals surface area contributed by atoms with E-state index < -0.39 is 23.8 Å². The van der Waals surface area contributed by atoms with Gasteiger partial charge in [0.05, 0.1) is 21.9 Å². The first-order valence-corrected chi connectivity index (χ1v) is 20.3. The third kappa shape index (κ3) is 10.4. The van der Waals surface area contributed by atoms with Crippen LogP contribution >= 0.6 is 15.9 Å². The molecule has 0 saturated carbocycles. The van der Waals surface area contributed by atoms with Crippen molar-refractivity contribution >= 4 is 50.7 Å². The predicted octanol–water partition coefficient (Wildman–Crippen LogP) is 8.25. The quantitative estimate of drug-likeness (QED) is 0.116. The maximum absolute atomic E-state index is 12.8. The summed E-state index contributed by atoms with van der Waals surface area (Å²) in [7, 11) is 3.34. The fourth-order valence-corrected chi connectivity index (χ4v) is 6.98. The largest absolute Gasteiger partial charge is 0.573 e. The number of hydrogen-bond acceptors (Lipinski definition) is 12. The third-order valence-corrected chi connectivity index (χ3v) is 10.8. The van der Waals surface area contributed by atoms with Gasteiger partial charge in [-0.25, -0.2) is 9.97 Å². The normalized spacial score (nSPS) is 14.5. The SMILES string of the molecule is Cc1nc2c(-c3cnn(C)c3)cn(-c3ccc(OC(F)(F)F)cc3)c(=O)c2o1.Cc1nc2c(Br)cn(-c3ccc(OC(F)(F)F)cc3)c(=O)c2o1.Cn1cc(B2OC(C)(C)C(C)(C)O2)cn1. The minimum absolute atomic E-state index is 0.0504. The first-order chi connectivity index (χ1) is 30.8. The van der Waals surface area contributed by atoms with Gasteiger partial charge >= 0.3 is 19.8 Å². The number of nitrogens with zero attached hydrogens (tertiary/aromatic N) is 8. The van der Waals surface area contributed by atoms with E-state index in [-0.39, 0.29) is 41.0 Å². The van der Waals surface area contributed by atoms with Gasteiger partial charge in [-0.15, -0.1) is 26.3 Å². The van der Waals surface area contributed by atoms with Crippen molar-refractivity contribution in [3.8, 4) is 34.0 Å². The van der Waals surface area contributed by atoms with Gasteiger partial charge in [-0.1, -0.05) is 0 Å². The number of aryl methyl sites for hydroxylation is 4. The molecule has 1 aliphatic heterocycles. The van der Waals surface area contributed by atoms with Crippen molar-refractivity contribution in [1.29, 1.82) is 0 Å². The van der Waals surface area contributed by atoms with Crippen LogP contribution in [0.4, 0.5) is 26.3 Å². The van der Waals surface area contributed by atoms with Crippen molar-refractivity contribution in [2.45, 2.75) is 65.5 Å². The number of aromatic nitrogens is 8. The molecule has 7 heterocycles. The second-order valence-electron chi connectivity index (χ2n) is 15.7. The van der Waals surface area contributed by atoms with Crippen molar-refractivity contribution in [2.75, 3.05) is 0 Å². The lowest BCUT2D eigenvalue weighted by Crippen LogP contribution is -2.41. The van der Waals surface area contributed by atoms with Gasteiger partial charge in [-0.05, 0) is 92.2 Å². The number of ether oxygens (including phenoxy) is 2. The molecule has 66 heavy (non-hydrogen) atoms. The van der Waals surface area contributed by atoms with Crippen LogP contribution in [0.2, 0.25) is 0 Å². The summed E-state index contributed by atoms with van der Waals surface area (Å²) in [4.78, 5) is 33.6. The number of hydrogen-bond donors (Lipinski definition) is 0. The molecule has 0 bridgehead atoms. The molecule has 0 radical (unpaired) electrons. The molecule has 1 fully saturated rings. The van der Waals surface area contributed by atoms with Crippen LogP contribution in [-0.4, -0.2) is 69.7 Å². The predicted molar refractivity (Wildman–Crippen MR) is 231 cm³/mol. The van der Waals surface area contributed by atoms with Gasteiger partial charge in [0.2, 0.25) is 11.2 Å². The summed E-state index contributed by atoms with van der Waals surface area (Å²) in [6, 6.07) is 9.89. The van der Waals surface area contributed by atoms with Crippen LogP contribution in [0, 0.1) is 13.8 Å². The van der Waals surface area contributed by atoms with Crippen molar-refractivity contribution in [1.82, 2.24) is 38.7 Å². The minimum atomic E-state index is -4.79. The van der Waals surface area contributed by atoms with E-state index in [0.29, 0.717) is 49.8 Å². The van der Waals surface area contributed by atoms with E-state index in [4.69, 9.17) is 18.1 Å². The molecule has 0 aliphatic carbocycles. The summed E-state index contributed by atoms with van der Waals surface area (Å²) in [5, 5.41) is 8.24. The maximum Gasteiger partial charge on any atom is 0.573 e. The molecule has 0 spiro atoms. The van der Waals surface area contributed by atoms with Crippen molar-refractivity contribution in [3.05, 3.63) is 123 Å². The molecule has 0 amide bonds. The van der Waals surface area contributed by atoms with Gasteiger partial charge in [0, 0.05) is 86.9 Å². The Labute approximate surface area is 378 Å². The van der Waals surface area contributed by atoms with Crippen molar-refractivity contribution < 1.29 is 54.0 Å². The van der Waals surface area contributed by atoms with E-state index in [9.17, 15) is 35.9 Å². The Morgan fingerprint density at radius 1 is 0.636 bits per heavy atom. The summed E-state index contributed by atoms with van der Waals surface area (Å²) in [6.45, 7) is 11.4. The van der Waals surface area contributed by atoms with Crippen LogP contribution in [0.25, 0.3) is 44.7 Å². The van der Waals surface area contributed by atoms with Crippen LogP contribution in [0.5, 0.6) is 11.5 Å². The average molecular weight is 988 g/mol. The molecule has 6 aromatic heterocycles. The number of halogens is 7. The number of fused-ring (bicyclic) bond motifs is 2. The van der Waals surface area contributed by atoms with Crippen molar-refractivity contribution in [2.24, 2.45) is 14.1 Å². The topological polar surface area (TPSA) is 169 Å². The summed E-state index contributed by atoms with van der Waals surface area (Å²) < 4.78 is 110. The molecule has 8 aromatic rings. The van der Waals surface area contributed by atoms with E-state index in [1.165, 1.54) is 39.6 Å². The molecule has 2 aromatic carbocycles. The molecule has 0 unspecified atom stereocenters. The second-order valence-corrected chi connectivity index (χ2v) is 16.6. The molecule has 24 heteroatoms. The monoisotopic (exact) mass is 986 g/mol. The Kier molecular flexibility index (Phi) is 12.6. The standard InChI is InChI=1S/C18H13F3N4O3.C14H8BrF3N2O3.C10H17BN2O2/c1-10-23-15-14(11-7-22-24(2)8-11)9-25(17(26)16(15)27-10)12-3-5-13(6-4-12)28-18(19,20)21;1-7-19-11-10(15)6-20(13(21)12(11)22-7)8-2-4-9(5-3-8)23-14(16,17)18;1-9(2)10(3,4)15-11(14-9)8-6-12-13(5)7-8/h3-9H,1-2H3;2-6H,1H3;6-7H,1-5H3. The zero-order valence-corrected chi connectivity index (χ0v) is 37.7. The Morgan fingerprint density at radius 3 is 1.52 bits per heavy atom. The van der Waals surface area contributed by atoms with Gasteiger partial charge in [-0.2, -0.15) is 10.2 Å². The number of rotatable bonds is 6. The number of benzene rings is 2. The molecule has 9 rings (SSSR count). The summed E-state index contributed by atoms with van der Waals surface area (Å²) in [5.41, 5.74) is 2.38. The van der Waals surface area contributed by atoms with E-state index in [1.807, 2.05) is 40.9 Å². The Bertz CT molecular complexity index is 3140. The minimum Gasteiger partial charge on any atom is -0.435 e. The third-order valence-electron chi connectivity index (χ3n) is 10.2. The fourth-order valence-electron chi connectivity index (χ4n) is 6.50. The first kappa shape index (κ1) is 47.3. The Balaban J connectivity index is 0.000000154. The highest BCUT2D eigenvalue weighted by atomic mass is 79.9. The van der Waals surface area contributed by atoms with E-state index in [2.05, 4.69) is 45.6 Å². The van der Waals surface area contributed by atoms with Gasteiger partial charge in [0.1, 0.15) is 22.5 Å². The molecule has 0 N–H and O–H groups in total. The molecular formula is C42H38BBrF6N8O8. The Morgan fingerprint density at radius 2 is 1.08 bits per heavy atom. The van der Waals surface area contributed by atoms with Crippen LogP contribution in [0.1, 0.15) is 39.5 Å². The van der Waals surface area contributed by atoms with Crippen molar-refractivity contribution in [3.63, 3.8) is 0 Å². The van der Waals surface area contributed by atoms with E-state index in [1.54, 1.807) is 55.0 Å². The molecule has 16 nitrogen and oxygen atoms in total.